The molecule has 0 N–H and O–H groups in total. The van der Waals surface area contributed by atoms with Crippen LogP contribution < -0.4 is 0 Å². The fraction of sp³-hybridized carbons (Fsp3) is 1.00. The summed E-state index contributed by atoms with van der Waals surface area (Å²) >= 11 is 3.99. The molecule has 0 heterocycles. The maximum Gasteiger partial charge on any atom is 0.0597 e. The largest absolute Gasteiger partial charge is 0.111 e. The Kier molecular flexibility index (Phi) is 4.84. The highest BCUT2D eigenvalue weighted by Crippen LogP contribution is 2.53. The molecule has 0 rings (SSSR count). The topological polar surface area (TPSA) is 0 Å². The molecular formula is C8H18PS2. The van der Waals surface area contributed by atoms with Crippen LogP contribution in [0.25, 0.3) is 0 Å². The van der Waals surface area contributed by atoms with Gasteiger partial charge in [0.05, 0.1) is 6.98 Å². The summed E-state index contributed by atoms with van der Waals surface area (Å²) in [5.41, 5.74) is 0. The maximum atomic E-state index is 2.26. The molecule has 11 heavy (non-hydrogen) atoms. The van der Waals surface area contributed by atoms with Crippen molar-refractivity contribution >= 4 is 29.7 Å². The van der Waals surface area contributed by atoms with Gasteiger partial charge in [-0.2, -0.15) is 0 Å². The molecule has 0 aliphatic carbocycles. The molecular weight excluding hydrogens is 191 g/mol. The van der Waals surface area contributed by atoms with E-state index in [1.165, 1.54) is 6.98 Å². The first-order chi connectivity index (χ1) is 4.71. The SMILES string of the molecule is CC(C)(C)S[P]SC(C)(C)C. The van der Waals surface area contributed by atoms with Crippen molar-refractivity contribution in [3.63, 3.8) is 0 Å². The summed E-state index contributed by atoms with van der Waals surface area (Å²) in [6, 6.07) is 0. The molecule has 0 spiro atoms. The first-order valence-electron chi connectivity index (χ1n) is 3.77. The van der Waals surface area contributed by atoms with Gasteiger partial charge in [-0.25, -0.2) is 0 Å². The van der Waals surface area contributed by atoms with Crippen molar-refractivity contribution in [2.45, 2.75) is 51.0 Å². The average molecular weight is 209 g/mol. The smallest absolute Gasteiger partial charge is 0.0597 e. The van der Waals surface area contributed by atoms with E-state index >= 15 is 0 Å². The summed E-state index contributed by atoms with van der Waals surface area (Å²) < 4.78 is 0.805. The van der Waals surface area contributed by atoms with Crippen LogP contribution in [0.1, 0.15) is 41.5 Å². The average Bonchev–Trinajstić information content (AvgIpc) is 1.55. The summed E-state index contributed by atoms with van der Waals surface area (Å²) in [4.78, 5) is 0. The molecule has 67 valence electrons. The van der Waals surface area contributed by atoms with Gasteiger partial charge in [-0.1, -0.05) is 41.5 Å². The second-order valence-corrected chi connectivity index (χ2v) is 10.3. The predicted octanol–water partition coefficient (Wildman–Crippen LogP) is 4.83. The zero-order valence-electron chi connectivity index (χ0n) is 8.26. The van der Waals surface area contributed by atoms with Gasteiger partial charge in [-0.15, -0.1) is 22.8 Å². The first kappa shape index (κ1) is 12.1. The molecule has 0 aromatic rings. The third-order valence-corrected chi connectivity index (χ3v) is 6.94. The monoisotopic (exact) mass is 209 g/mol. The van der Waals surface area contributed by atoms with E-state index < -0.39 is 0 Å². The van der Waals surface area contributed by atoms with Crippen molar-refractivity contribution in [2.24, 2.45) is 0 Å². The number of rotatable bonds is 2. The lowest BCUT2D eigenvalue weighted by atomic mass is 10.3. The van der Waals surface area contributed by atoms with Crippen LogP contribution in [0, 0.1) is 0 Å². The van der Waals surface area contributed by atoms with Gasteiger partial charge < -0.3 is 0 Å². The van der Waals surface area contributed by atoms with Gasteiger partial charge in [0.1, 0.15) is 0 Å². The van der Waals surface area contributed by atoms with Gasteiger partial charge in [0.25, 0.3) is 0 Å². The molecule has 0 atom stereocenters. The Morgan fingerprint density at radius 1 is 0.727 bits per heavy atom. The molecule has 0 amide bonds. The van der Waals surface area contributed by atoms with E-state index in [1.807, 2.05) is 22.8 Å². The lowest BCUT2D eigenvalue weighted by Gasteiger charge is -2.20. The summed E-state index contributed by atoms with van der Waals surface area (Å²) in [5.74, 6) is 0. The van der Waals surface area contributed by atoms with Crippen LogP contribution >= 0.6 is 29.7 Å². The van der Waals surface area contributed by atoms with Crippen molar-refractivity contribution in [3.8, 4) is 0 Å². The number of hydrogen-bond acceptors (Lipinski definition) is 2. The molecule has 0 aromatic heterocycles. The Morgan fingerprint density at radius 2 is 1.00 bits per heavy atom. The third-order valence-electron chi connectivity index (χ3n) is 0.622. The highest BCUT2D eigenvalue weighted by atomic mass is 33.1. The second kappa shape index (κ2) is 4.39. The van der Waals surface area contributed by atoms with Crippen molar-refractivity contribution < 1.29 is 0 Å². The molecule has 0 bridgehead atoms. The van der Waals surface area contributed by atoms with Crippen LogP contribution in [0.2, 0.25) is 0 Å². The molecule has 0 aromatic carbocycles. The van der Waals surface area contributed by atoms with Crippen molar-refractivity contribution in [2.75, 3.05) is 0 Å². The van der Waals surface area contributed by atoms with E-state index in [9.17, 15) is 0 Å². The first-order valence-corrected chi connectivity index (χ1v) is 7.51. The van der Waals surface area contributed by atoms with Crippen LogP contribution in [-0.2, 0) is 0 Å². The van der Waals surface area contributed by atoms with Crippen LogP contribution in [0.4, 0.5) is 0 Å². The second-order valence-electron chi connectivity index (χ2n) is 4.48. The maximum absolute atomic E-state index is 2.26. The Labute approximate surface area is 81.0 Å². The summed E-state index contributed by atoms with van der Waals surface area (Å²) in [7, 11) is 0. The molecule has 0 nitrogen and oxygen atoms in total. The fourth-order valence-electron chi connectivity index (χ4n) is 0.242. The van der Waals surface area contributed by atoms with Gasteiger partial charge in [-0.05, 0) is 0 Å². The number of hydrogen-bond donors (Lipinski definition) is 0. The minimum atomic E-state index is 0.403. The van der Waals surface area contributed by atoms with Gasteiger partial charge >= 0.3 is 0 Å². The summed E-state index contributed by atoms with van der Waals surface area (Å²) in [6.07, 6.45) is 0. The molecule has 0 aliphatic rings. The highest BCUT2D eigenvalue weighted by Gasteiger charge is 2.15. The van der Waals surface area contributed by atoms with Crippen LogP contribution in [0.15, 0.2) is 0 Å². The lowest BCUT2D eigenvalue weighted by Crippen LogP contribution is -2.06. The summed E-state index contributed by atoms with van der Waals surface area (Å²) in [6.45, 7) is 15.0. The minimum absolute atomic E-state index is 0.403. The molecule has 0 fully saturated rings. The molecule has 3 heteroatoms. The van der Waals surface area contributed by atoms with Gasteiger partial charge in [0.2, 0.25) is 0 Å². The lowest BCUT2D eigenvalue weighted by molar-refractivity contribution is 0.809. The zero-order valence-corrected chi connectivity index (χ0v) is 10.8. The Balaban J connectivity index is 3.44. The van der Waals surface area contributed by atoms with Crippen molar-refractivity contribution in [1.82, 2.24) is 0 Å². The normalized spacial score (nSPS) is 13.6. The zero-order chi connectivity index (χ0) is 9.12. The van der Waals surface area contributed by atoms with E-state index in [0.29, 0.717) is 9.49 Å². The highest BCUT2D eigenvalue weighted by molar-refractivity contribution is 8.82. The van der Waals surface area contributed by atoms with E-state index in [0.717, 1.165) is 0 Å². The van der Waals surface area contributed by atoms with Gasteiger partial charge in [-0.3, -0.25) is 0 Å². The third kappa shape index (κ3) is 11.1. The molecule has 0 aliphatic heterocycles. The Hall–Kier alpha value is 1.13. The molecule has 1 radical (unpaired) electrons. The fourth-order valence-corrected chi connectivity index (χ4v) is 6.54. The summed E-state index contributed by atoms with van der Waals surface area (Å²) in [5, 5.41) is 0. The van der Waals surface area contributed by atoms with Crippen molar-refractivity contribution in [3.05, 3.63) is 0 Å². The quantitative estimate of drug-likeness (QED) is 0.598. The van der Waals surface area contributed by atoms with Crippen LogP contribution in [-0.4, -0.2) is 9.49 Å². The standard InChI is InChI=1S/C8H18PS2/c1-7(2,3)10-9-11-8(4,5)6/h1-6H3. The Morgan fingerprint density at radius 3 is 1.18 bits per heavy atom. The predicted molar refractivity (Wildman–Crippen MR) is 61.6 cm³/mol. The molecule has 0 unspecified atom stereocenters. The van der Waals surface area contributed by atoms with Crippen LogP contribution in [0.3, 0.4) is 0 Å². The Bertz CT molecular complexity index is 96.2. The molecule has 0 saturated carbocycles. The van der Waals surface area contributed by atoms with E-state index in [1.54, 1.807) is 0 Å². The van der Waals surface area contributed by atoms with Crippen molar-refractivity contribution in [1.29, 1.82) is 0 Å². The molecule has 0 saturated heterocycles. The van der Waals surface area contributed by atoms with E-state index in [4.69, 9.17) is 0 Å². The minimum Gasteiger partial charge on any atom is -0.111 e. The van der Waals surface area contributed by atoms with Gasteiger partial charge in [0.15, 0.2) is 0 Å². The van der Waals surface area contributed by atoms with Crippen LogP contribution in [0.5, 0.6) is 0 Å². The van der Waals surface area contributed by atoms with E-state index in [-0.39, 0.29) is 0 Å². The van der Waals surface area contributed by atoms with E-state index in [2.05, 4.69) is 41.5 Å². The van der Waals surface area contributed by atoms with Gasteiger partial charge in [0, 0.05) is 9.49 Å².